The molecule has 1 saturated heterocycles. The van der Waals surface area contributed by atoms with E-state index in [1.165, 1.54) is 32.1 Å². The van der Waals surface area contributed by atoms with Crippen molar-refractivity contribution in [2.75, 3.05) is 11.9 Å². The fourth-order valence-corrected chi connectivity index (χ4v) is 3.09. The third-order valence-electron chi connectivity index (χ3n) is 4.25. The Morgan fingerprint density at radius 2 is 1.87 bits per heavy atom. The number of hydrogen-bond donors (Lipinski definition) is 3. The van der Waals surface area contributed by atoms with Crippen LogP contribution in [0.4, 0.5) is 5.69 Å². The lowest BCUT2D eigenvalue weighted by Crippen LogP contribution is -2.28. The van der Waals surface area contributed by atoms with Crippen molar-refractivity contribution < 1.29 is 9.90 Å². The smallest absolute Gasteiger partial charge is 0.256 e. The standard InChI is InChI=1S/C17H22N2O2.C2H2/c20-13-7-8-16-14(11-13)15(17(21)19-16)10-12-6-4-2-1-3-5-9-18-12;1-2/h7-8,10-12,18,20H,1-6,9H2,(H,19,21);1-2H/b15-10-;. The molecule has 3 N–H and O–H groups in total. The minimum atomic E-state index is -0.0720. The quantitative estimate of drug-likeness (QED) is 0.424. The predicted molar refractivity (Wildman–Crippen MR) is 94.1 cm³/mol. The molecule has 2 heterocycles. The van der Waals surface area contributed by atoms with Crippen LogP contribution >= 0.6 is 0 Å². The van der Waals surface area contributed by atoms with E-state index in [1.54, 1.807) is 18.2 Å². The molecule has 122 valence electrons. The van der Waals surface area contributed by atoms with Crippen LogP contribution in [-0.2, 0) is 4.79 Å². The second-order valence-corrected chi connectivity index (χ2v) is 5.88. The molecule has 2 aliphatic rings. The average molecular weight is 312 g/mol. The van der Waals surface area contributed by atoms with Crippen LogP contribution in [0, 0.1) is 12.8 Å². The molecule has 0 bridgehead atoms. The van der Waals surface area contributed by atoms with Gasteiger partial charge in [-0.05, 0) is 37.6 Å². The van der Waals surface area contributed by atoms with Gasteiger partial charge in [0.15, 0.2) is 0 Å². The molecule has 1 unspecified atom stereocenters. The second-order valence-electron chi connectivity index (χ2n) is 5.88. The van der Waals surface area contributed by atoms with Gasteiger partial charge in [-0.1, -0.05) is 31.8 Å². The molecule has 3 rings (SSSR count). The number of phenolic OH excluding ortho intramolecular Hbond substituents is 1. The maximum absolute atomic E-state index is 12.1. The molecule has 0 saturated carbocycles. The van der Waals surface area contributed by atoms with Crippen LogP contribution in [0.5, 0.6) is 5.75 Å². The summed E-state index contributed by atoms with van der Waals surface area (Å²) in [5, 5.41) is 16.0. The van der Waals surface area contributed by atoms with Gasteiger partial charge in [-0.25, -0.2) is 0 Å². The number of carbonyl (C=O) groups excluding carboxylic acids is 1. The topological polar surface area (TPSA) is 61.4 Å². The van der Waals surface area contributed by atoms with E-state index in [4.69, 9.17) is 0 Å². The van der Waals surface area contributed by atoms with E-state index in [0.717, 1.165) is 24.2 Å². The lowest BCUT2D eigenvalue weighted by atomic mass is 10.0. The number of carbonyl (C=O) groups is 1. The fourth-order valence-electron chi connectivity index (χ4n) is 3.09. The Kier molecular flexibility index (Phi) is 6.25. The first-order valence-electron chi connectivity index (χ1n) is 8.17. The van der Waals surface area contributed by atoms with Crippen LogP contribution in [0.2, 0.25) is 0 Å². The first-order chi connectivity index (χ1) is 11.2. The molecule has 0 aromatic heterocycles. The first kappa shape index (κ1) is 17.1. The number of rotatable bonds is 1. The third-order valence-corrected chi connectivity index (χ3v) is 4.25. The Hall–Kier alpha value is -2.25. The van der Waals surface area contributed by atoms with Gasteiger partial charge in [-0.15, -0.1) is 12.8 Å². The Bertz CT molecular complexity index is 595. The average Bonchev–Trinajstić information content (AvgIpc) is 2.93. The van der Waals surface area contributed by atoms with Crippen LogP contribution < -0.4 is 10.6 Å². The van der Waals surface area contributed by atoms with Gasteiger partial charge >= 0.3 is 0 Å². The first-order valence-corrected chi connectivity index (χ1v) is 8.17. The summed E-state index contributed by atoms with van der Waals surface area (Å²) < 4.78 is 0. The minimum absolute atomic E-state index is 0.0720. The highest BCUT2D eigenvalue weighted by Gasteiger charge is 2.25. The number of benzene rings is 1. The van der Waals surface area contributed by atoms with Crippen molar-refractivity contribution in [2.24, 2.45) is 0 Å². The number of amides is 1. The highest BCUT2D eigenvalue weighted by Crippen LogP contribution is 2.34. The number of aromatic hydroxyl groups is 1. The Balaban J connectivity index is 0.000000924. The van der Waals surface area contributed by atoms with E-state index < -0.39 is 0 Å². The molecule has 1 fully saturated rings. The van der Waals surface area contributed by atoms with Gasteiger partial charge in [-0.2, -0.15) is 0 Å². The molecule has 0 spiro atoms. The third kappa shape index (κ3) is 4.37. The predicted octanol–water partition coefficient (Wildman–Crippen LogP) is 3.29. The molecular weight excluding hydrogens is 288 g/mol. The molecule has 23 heavy (non-hydrogen) atoms. The summed E-state index contributed by atoms with van der Waals surface area (Å²) in [6, 6.07) is 5.24. The largest absolute Gasteiger partial charge is 0.508 e. The van der Waals surface area contributed by atoms with E-state index in [2.05, 4.69) is 23.5 Å². The molecular formula is C19H24N2O2. The van der Waals surface area contributed by atoms with E-state index in [9.17, 15) is 9.90 Å². The molecule has 4 heteroatoms. The van der Waals surface area contributed by atoms with E-state index in [1.807, 2.05) is 6.08 Å². The zero-order chi connectivity index (χ0) is 16.7. The Labute approximate surface area is 138 Å². The van der Waals surface area contributed by atoms with Crippen molar-refractivity contribution in [1.82, 2.24) is 5.32 Å². The van der Waals surface area contributed by atoms with E-state index >= 15 is 0 Å². The highest BCUT2D eigenvalue weighted by molar-refractivity contribution is 6.31. The number of phenols is 1. The molecule has 1 amide bonds. The summed E-state index contributed by atoms with van der Waals surface area (Å²) in [6.45, 7) is 1.00. The fraction of sp³-hybridized carbons (Fsp3) is 0.421. The van der Waals surface area contributed by atoms with Crippen LogP contribution in [0.3, 0.4) is 0 Å². The normalized spacial score (nSPS) is 22.8. The van der Waals surface area contributed by atoms with Gasteiger partial charge in [0.1, 0.15) is 5.75 Å². The molecule has 2 aliphatic heterocycles. The number of fused-ring (bicyclic) bond motifs is 1. The Morgan fingerprint density at radius 1 is 1.13 bits per heavy atom. The summed E-state index contributed by atoms with van der Waals surface area (Å²) in [5.74, 6) is 0.121. The van der Waals surface area contributed by atoms with Gasteiger partial charge in [0.2, 0.25) is 0 Å². The number of terminal acetylenes is 1. The molecule has 1 aromatic carbocycles. The molecule has 1 aromatic rings. The highest BCUT2D eigenvalue weighted by atomic mass is 16.3. The van der Waals surface area contributed by atoms with Gasteiger partial charge < -0.3 is 15.7 Å². The maximum atomic E-state index is 12.1. The van der Waals surface area contributed by atoms with Gasteiger partial charge in [-0.3, -0.25) is 4.79 Å². The van der Waals surface area contributed by atoms with Gasteiger partial charge in [0, 0.05) is 22.9 Å². The van der Waals surface area contributed by atoms with Gasteiger partial charge in [0.05, 0.1) is 0 Å². The zero-order valence-corrected chi connectivity index (χ0v) is 13.3. The second kappa shape index (κ2) is 8.40. The lowest BCUT2D eigenvalue weighted by Gasteiger charge is -2.14. The van der Waals surface area contributed by atoms with Crippen molar-refractivity contribution in [3.63, 3.8) is 0 Å². The lowest BCUT2D eigenvalue weighted by molar-refractivity contribution is -0.110. The summed E-state index contributed by atoms with van der Waals surface area (Å²) in [4.78, 5) is 12.1. The van der Waals surface area contributed by atoms with Gasteiger partial charge in [0.25, 0.3) is 5.91 Å². The SMILES string of the molecule is C#C.O=C1Nc2ccc(O)cc2/C1=C/C1CCCCCCCN1. The minimum Gasteiger partial charge on any atom is -0.508 e. The van der Waals surface area contributed by atoms with Crippen LogP contribution in [0.1, 0.15) is 44.1 Å². The molecule has 0 radical (unpaired) electrons. The van der Waals surface area contributed by atoms with Crippen molar-refractivity contribution >= 4 is 17.2 Å². The summed E-state index contributed by atoms with van der Waals surface area (Å²) in [6.07, 6.45) is 17.3. The van der Waals surface area contributed by atoms with Crippen LogP contribution in [0.25, 0.3) is 5.57 Å². The molecule has 0 aliphatic carbocycles. The molecule has 1 atom stereocenters. The maximum Gasteiger partial charge on any atom is 0.256 e. The monoisotopic (exact) mass is 312 g/mol. The summed E-state index contributed by atoms with van der Waals surface area (Å²) in [7, 11) is 0. The van der Waals surface area contributed by atoms with Crippen molar-refractivity contribution in [3.05, 3.63) is 29.8 Å². The number of anilines is 1. The number of hydrogen-bond acceptors (Lipinski definition) is 3. The van der Waals surface area contributed by atoms with Crippen molar-refractivity contribution in [2.45, 2.75) is 44.6 Å². The van der Waals surface area contributed by atoms with E-state index in [-0.39, 0.29) is 17.7 Å². The summed E-state index contributed by atoms with van der Waals surface area (Å²) >= 11 is 0. The Morgan fingerprint density at radius 3 is 2.70 bits per heavy atom. The summed E-state index contributed by atoms with van der Waals surface area (Å²) in [5.41, 5.74) is 2.27. The van der Waals surface area contributed by atoms with Crippen molar-refractivity contribution in [3.8, 4) is 18.6 Å². The van der Waals surface area contributed by atoms with Crippen LogP contribution in [-0.4, -0.2) is 23.6 Å². The van der Waals surface area contributed by atoms with Crippen molar-refractivity contribution in [1.29, 1.82) is 0 Å². The van der Waals surface area contributed by atoms with E-state index in [0.29, 0.717) is 5.57 Å². The number of nitrogens with one attached hydrogen (secondary N) is 2. The zero-order valence-electron chi connectivity index (χ0n) is 13.3. The van der Waals surface area contributed by atoms with Crippen LogP contribution in [0.15, 0.2) is 24.3 Å². The molecule has 4 nitrogen and oxygen atoms in total.